The molecule has 0 bridgehead atoms. The highest BCUT2D eigenvalue weighted by atomic mass is 16.2. The molecule has 0 unspecified atom stereocenters. The van der Waals surface area contributed by atoms with Gasteiger partial charge in [0.1, 0.15) is 0 Å². The first-order valence-electron chi connectivity index (χ1n) is 6.16. The van der Waals surface area contributed by atoms with Crippen LogP contribution in [0.5, 0.6) is 0 Å². The number of benzene rings is 2. The lowest BCUT2D eigenvalue weighted by molar-refractivity contribution is 0.251. The highest BCUT2D eigenvalue weighted by Gasteiger charge is 2.01. The predicted molar refractivity (Wildman–Crippen MR) is 76.6 cm³/mol. The van der Waals surface area contributed by atoms with Crippen molar-refractivity contribution in [3.05, 3.63) is 65.7 Å². The monoisotopic (exact) mass is 255 g/mol. The van der Waals surface area contributed by atoms with Gasteiger partial charge in [-0.1, -0.05) is 42.5 Å². The Morgan fingerprint density at radius 2 is 1.74 bits per heavy atom. The molecule has 0 radical (unpaired) electrons. The maximum Gasteiger partial charge on any atom is 0.319 e. The Morgan fingerprint density at radius 1 is 1.00 bits per heavy atom. The van der Waals surface area contributed by atoms with Crippen molar-refractivity contribution in [2.24, 2.45) is 5.73 Å². The summed E-state index contributed by atoms with van der Waals surface area (Å²) in [4.78, 5) is 11.7. The molecule has 4 N–H and O–H groups in total. The second-order valence-electron chi connectivity index (χ2n) is 4.20. The van der Waals surface area contributed by atoms with Crippen LogP contribution in [0.1, 0.15) is 11.1 Å². The number of hydrogen-bond donors (Lipinski definition) is 3. The number of anilines is 1. The molecule has 0 aromatic heterocycles. The van der Waals surface area contributed by atoms with Crippen LogP contribution in [0, 0.1) is 0 Å². The summed E-state index contributed by atoms with van der Waals surface area (Å²) < 4.78 is 0. The molecule has 0 heterocycles. The number of carbonyl (C=O) groups excluding carboxylic acids is 1. The first-order chi connectivity index (χ1) is 9.28. The summed E-state index contributed by atoms with van der Waals surface area (Å²) in [5, 5.41) is 5.57. The summed E-state index contributed by atoms with van der Waals surface area (Å²) in [7, 11) is 0. The van der Waals surface area contributed by atoms with Gasteiger partial charge in [-0.3, -0.25) is 0 Å². The average Bonchev–Trinajstić information content (AvgIpc) is 2.46. The van der Waals surface area contributed by atoms with E-state index < -0.39 is 0 Å². The molecule has 2 rings (SSSR count). The summed E-state index contributed by atoms with van der Waals surface area (Å²) in [5.74, 6) is 0. The normalized spacial score (nSPS) is 9.95. The number of nitrogens with two attached hydrogens (primary N) is 1. The first kappa shape index (κ1) is 13.1. The molecule has 4 heteroatoms. The van der Waals surface area contributed by atoms with Crippen LogP contribution in [0.25, 0.3) is 0 Å². The van der Waals surface area contributed by atoms with E-state index in [4.69, 9.17) is 5.73 Å². The highest BCUT2D eigenvalue weighted by molar-refractivity contribution is 5.89. The average molecular weight is 255 g/mol. The van der Waals surface area contributed by atoms with Gasteiger partial charge in [0.05, 0.1) is 0 Å². The molecule has 4 nitrogen and oxygen atoms in total. The summed E-state index contributed by atoms with van der Waals surface area (Å²) in [6.45, 7) is 0.983. The van der Waals surface area contributed by atoms with Crippen LogP contribution in [-0.4, -0.2) is 6.03 Å². The van der Waals surface area contributed by atoms with E-state index in [1.165, 1.54) is 0 Å². The first-order valence-corrected chi connectivity index (χ1v) is 6.16. The fourth-order valence-electron chi connectivity index (χ4n) is 1.75. The number of nitrogens with one attached hydrogen (secondary N) is 2. The van der Waals surface area contributed by atoms with Crippen molar-refractivity contribution >= 4 is 11.7 Å². The maximum atomic E-state index is 11.7. The molecule has 0 aliphatic heterocycles. The SMILES string of the molecule is NCc1cccc(CNC(=O)Nc2ccccc2)c1. The Hall–Kier alpha value is -2.33. The molecule has 0 aliphatic rings. The minimum absolute atomic E-state index is 0.218. The molecule has 2 amide bonds. The molecule has 2 aromatic rings. The fraction of sp³-hybridized carbons (Fsp3) is 0.133. The minimum atomic E-state index is -0.218. The Morgan fingerprint density at radius 3 is 2.47 bits per heavy atom. The van der Waals surface area contributed by atoms with E-state index >= 15 is 0 Å². The van der Waals surface area contributed by atoms with Gasteiger partial charge in [0.25, 0.3) is 0 Å². The molecule has 0 atom stereocenters. The van der Waals surface area contributed by atoms with Crippen LogP contribution >= 0.6 is 0 Å². The molecule has 0 saturated carbocycles. The van der Waals surface area contributed by atoms with Gasteiger partial charge in [-0.05, 0) is 23.3 Å². The molecule has 0 spiro atoms. The van der Waals surface area contributed by atoms with E-state index in [2.05, 4.69) is 10.6 Å². The summed E-state index contributed by atoms with van der Waals surface area (Å²) in [5.41, 5.74) is 8.44. The van der Waals surface area contributed by atoms with Crippen molar-refractivity contribution in [2.75, 3.05) is 5.32 Å². The quantitative estimate of drug-likeness (QED) is 0.785. The summed E-state index contributed by atoms with van der Waals surface area (Å²) >= 11 is 0. The van der Waals surface area contributed by atoms with Crippen LogP contribution in [0.15, 0.2) is 54.6 Å². The molecular weight excluding hydrogens is 238 g/mol. The van der Waals surface area contributed by atoms with E-state index in [1.807, 2.05) is 54.6 Å². The van der Waals surface area contributed by atoms with Crippen molar-refractivity contribution in [3.63, 3.8) is 0 Å². The topological polar surface area (TPSA) is 67.1 Å². The molecular formula is C15H17N3O. The van der Waals surface area contributed by atoms with Crippen molar-refractivity contribution in [1.82, 2.24) is 5.32 Å². The molecule has 19 heavy (non-hydrogen) atoms. The summed E-state index contributed by atoms with van der Waals surface area (Å²) in [6.07, 6.45) is 0. The van der Waals surface area contributed by atoms with Gasteiger partial charge in [0, 0.05) is 18.8 Å². The third-order valence-corrected chi connectivity index (χ3v) is 2.71. The van der Waals surface area contributed by atoms with Crippen molar-refractivity contribution in [1.29, 1.82) is 0 Å². The third-order valence-electron chi connectivity index (χ3n) is 2.71. The van der Waals surface area contributed by atoms with Gasteiger partial charge < -0.3 is 16.4 Å². The molecule has 0 aliphatic carbocycles. The summed E-state index contributed by atoms with van der Waals surface area (Å²) in [6, 6.07) is 17.0. The van der Waals surface area contributed by atoms with E-state index in [9.17, 15) is 4.79 Å². The maximum absolute atomic E-state index is 11.7. The van der Waals surface area contributed by atoms with E-state index in [-0.39, 0.29) is 6.03 Å². The van der Waals surface area contributed by atoms with E-state index in [0.29, 0.717) is 13.1 Å². The van der Waals surface area contributed by atoms with Crippen molar-refractivity contribution in [3.8, 4) is 0 Å². The van der Waals surface area contributed by atoms with E-state index in [0.717, 1.165) is 16.8 Å². The second kappa shape index (κ2) is 6.56. The lowest BCUT2D eigenvalue weighted by Crippen LogP contribution is -2.28. The van der Waals surface area contributed by atoms with Gasteiger partial charge in [-0.25, -0.2) is 4.79 Å². The van der Waals surface area contributed by atoms with Gasteiger partial charge >= 0.3 is 6.03 Å². The number of para-hydroxylation sites is 1. The molecule has 0 saturated heterocycles. The third kappa shape index (κ3) is 4.12. The Bertz CT molecular complexity index is 540. The largest absolute Gasteiger partial charge is 0.334 e. The number of amides is 2. The van der Waals surface area contributed by atoms with Crippen LogP contribution < -0.4 is 16.4 Å². The minimum Gasteiger partial charge on any atom is -0.334 e. The lowest BCUT2D eigenvalue weighted by atomic mass is 10.1. The fourth-order valence-corrected chi connectivity index (χ4v) is 1.75. The number of urea groups is 1. The van der Waals surface area contributed by atoms with E-state index in [1.54, 1.807) is 0 Å². The number of hydrogen-bond acceptors (Lipinski definition) is 2. The zero-order valence-electron chi connectivity index (χ0n) is 10.6. The predicted octanol–water partition coefficient (Wildman–Crippen LogP) is 2.47. The number of carbonyl (C=O) groups is 1. The molecule has 2 aromatic carbocycles. The number of rotatable bonds is 4. The standard InChI is InChI=1S/C15H17N3O/c16-10-12-5-4-6-13(9-12)11-17-15(19)18-14-7-2-1-3-8-14/h1-9H,10-11,16H2,(H2,17,18,19). The zero-order valence-corrected chi connectivity index (χ0v) is 10.6. The van der Waals surface area contributed by atoms with Crippen LogP contribution in [-0.2, 0) is 13.1 Å². The van der Waals surface area contributed by atoms with Crippen LogP contribution in [0.4, 0.5) is 10.5 Å². The van der Waals surface area contributed by atoms with Gasteiger partial charge in [0.2, 0.25) is 0 Å². The zero-order chi connectivity index (χ0) is 13.5. The second-order valence-corrected chi connectivity index (χ2v) is 4.20. The van der Waals surface area contributed by atoms with Crippen molar-refractivity contribution < 1.29 is 4.79 Å². The lowest BCUT2D eigenvalue weighted by Gasteiger charge is -2.08. The smallest absolute Gasteiger partial charge is 0.319 e. The van der Waals surface area contributed by atoms with Gasteiger partial charge in [-0.2, -0.15) is 0 Å². The van der Waals surface area contributed by atoms with Gasteiger partial charge in [-0.15, -0.1) is 0 Å². The van der Waals surface area contributed by atoms with Crippen LogP contribution in [0.3, 0.4) is 0 Å². The Kier molecular flexibility index (Phi) is 4.53. The van der Waals surface area contributed by atoms with Crippen LogP contribution in [0.2, 0.25) is 0 Å². The van der Waals surface area contributed by atoms with Gasteiger partial charge in [0.15, 0.2) is 0 Å². The Balaban J connectivity index is 1.86. The Labute approximate surface area is 112 Å². The molecule has 0 fully saturated rings. The molecule has 98 valence electrons. The highest BCUT2D eigenvalue weighted by Crippen LogP contribution is 2.06. The van der Waals surface area contributed by atoms with Crippen molar-refractivity contribution in [2.45, 2.75) is 13.1 Å².